The maximum atomic E-state index is 4.25. The standard InChI is InChI=1S/C15H14N4S2/c1-12-17-18-15(19(12)14-8-5-9-16-10-14)21-20-11-13-6-3-2-4-7-13/h2-10H,11H2,1H3. The molecule has 0 aliphatic carbocycles. The molecule has 0 atom stereocenters. The molecular weight excluding hydrogens is 300 g/mol. The fourth-order valence-corrected chi connectivity index (χ4v) is 4.01. The van der Waals surface area contributed by atoms with E-state index in [1.165, 1.54) is 5.56 Å². The quantitative estimate of drug-likeness (QED) is 0.668. The summed E-state index contributed by atoms with van der Waals surface area (Å²) in [5.41, 5.74) is 2.29. The van der Waals surface area contributed by atoms with E-state index >= 15 is 0 Å². The third-order valence-corrected chi connectivity index (χ3v) is 5.04. The summed E-state index contributed by atoms with van der Waals surface area (Å²) in [5.74, 6) is 1.80. The molecule has 0 aliphatic rings. The molecule has 1 aromatic carbocycles. The molecule has 0 spiro atoms. The SMILES string of the molecule is Cc1nnc(SSCc2ccccc2)n1-c1cccnc1. The van der Waals surface area contributed by atoms with Gasteiger partial charge >= 0.3 is 0 Å². The number of aryl methyl sites for hydroxylation is 1. The third kappa shape index (κ3) is 3.46. The minimum absolute atomic E-state index is 0.866. The molecule has 6 heteroatoms. The molecule has 0 N–H and O–H groups in total. The summed E-state index contributed by atoms with van der Waals surface area (Å²) in [6, 6.07) is 14.3. The highest BCUT2D eigenvalue weighted by Gasteiger charge is 2.11. The molecule has 0 unspecified atom stereocenters. The average molecular weight is 314 g/mol. The second kappa shape index (κ2) is 6.78. The first-order valence-corrected chi connectivity index (χ1v) is 8.82. The van der Waals surface area contributed by atoms with Gasteiger partial charge in [-0.05, 0) is 35.4 Å². The molecule has 0 amide bonds. The highest BCUT2D eigenvalue weighted by Crippen LogP contribution is 2.33. The molecule has 3 rings (SSSR count). The highest BCUT2D eigenvalue weighted by atomic mass is 33.1. The Hall–Kier alpha value is -1.79. The zero-order chi connectivity index (χ0) is 14.5. The van der Waals surface area contributed by atoms with Gasteiger partial charge in [-0.15, -0.1) is 10.2 Å². The second-order valence-electron chi connectivity index (χ2n) is 4.41. The summed E-state index contributed by atoms with van der Waals surface area (Å²) in [6.07, 6.45) is 3.59. The van der Waals surface area contributed by atoms with Gasteiger partial charge in [0.1, 0.15) is 5.82 Å². The van der Waals surface area contributed by atoms with E-state index in [0.717, 1.165) is 22.4 Å². The van der Waals surface area contributed by atoms with Gasteiger partial charge in [0.15, 0.2) is 0 Å². The van der Waals surface area contributed by atoms with Crippen LogP contribution in [-0.2, 0) is 5.75 Å². The number of pyridine rings is 1. The lowest BCUT2D eigenvalue weighted by Gasteiger charge is -2.07. The van der Waals surface area contributed by atoms with E-state index in [1.54, 1.807) is 27.8 Å². The van der Waals surface area contributed by atoms with E-state index in [2.05, 4.69) is 39.4 Å². The van der Waals surface area contributed by atoms with Gasteiger partial charge in [0.05, 0.1) is 11.9 Å². The first-order valence-electron chi connectivity index (χ1n) is 6.50. The monoisotopic (exact) mass is 314 g/mol. The topological polar surface area (TPSA) is 43.6 Å². The molecule has 0 fully saturated rings. The predicted molar refractivity (Wildman–Crippen MR) is 87.5 cm³/mol. The van der Waals surface area contributed by atoms with Gasteiger partial charge in [-0.3, -0.25) is 9.55 Å². The Morgan fingerprint density at radius 3 is 2.67 bits per heavy atom. The van der Waals surface area contributed by atoms with Crippen LogP contribution in [0.4, 0.5) is 0 Å². The van der Waals surface area contributed by atoms with Crippen LogP contribution in [-0.4, -0.2) is 19.7 Å². The van der Waals surface area contributed by atoms with Gasteiger partial charge in [-0.1, -0.05) is 41.1 Å². The molecule has 21 heavy (non-hydrogen) atoms. The van der Waals surface area contributed by atoms with Crippen molar-refractivity contribution in [3.8, 4) is 5.69 Å². The van der Waals surface area contributed by atoms with Crippen LogP contribution < -0.4 is 0 Å². The number of aromatic nitrogens is 4. The van der Waals surface area contributed by atoms with Gasteiger partial charge in [-0.25, -0.2) is 0 Å². The van der Waals surface area contributed by atoms with Gasteiger partial charge in [0.25, 0.3) is 0 Å². The first-order chi connectivity index (χ1) is 10.3. The van der Waals surface area contributed by atoms with Crippen molar-refractivity contribution in [2.24, 2.45) is 0 Å². The molecule has 3 aromatic rings. The lowest BCUT2D eigenvalue weighted by atomic mass is 10.2. The van der Waals surface area contributed by atoms with E-state index in [0.29, 0.717) is 0 Å². The van der Waals surface area contributed by atoms with Crippen LogP contribution in [0.5, 0.6) is 0 Å². The molecular formula is C15H14N4S2. The van der Waals surface area contributed by atoms with E-state index in [9.17, 15) is 0 Å². The van der Waals surface area contributed by atoms with Crippen LogP contribution in [0.3, 0.4) is 0 Å². The number of hydrogen-bond donors (Lipinski definition) is 0. The van der Waals surface area contributed by atoms with Crippen molar-refractivity contribution in [2.75, 3.05) is 0 Å². The normalized spacial score (nSPS) is 10.7. The minimum Gasteiger partial charge on any atom is -0.272 e. The first kappa shape index (κ1) is 14.2. The molecule has 106 valence electrons. The fourth-order valence-electron chi connectivity index (χ4n) is 1.90. The summed E-state index contributed by atoms with van der Waals surface area (Å²) in [5, 5.41) is 9.30. The molecule has 4 nitrogen and oxygen atoms in total. The Kier molecular flexibility index (Phi) is 4.57. The fraction of sp³-hybridized carbons (Fsp3) is 0.133. The summed E-state index contributed by atoms with van der Waals surface area (Å²) in [4.78, 5) is 4.16. The van der Waals surface area contributed by atoms with E-state index in [4.69, 9.17) is 0 Å². The van der Waals surface area contributed by atoms with Crippen LogP contribution in [0.25, 0.3) is 5.69 Å². The number of hydrogen-bond acceptors (Lipinski definition) is 5. The summed E-state index contributed by atoms with van der Waals surface area (Å²) in [7, 11) is 3.39. The smallest absolute Gasteiger partial charge is 0.206 e. The molecule has 0 radical (unpaired) electrons. The van der Waals surface area contributed by atoms with Crippen molar-refractivity contribution in [1.82, 2.24) is 19.7 Å². The Labute approximate surface area is 131 Å². The van der Waals surface area contributed by atoms with E-state index in [1.807, 2.05) is 35.9 Å². The zero-order valence-electron chi connectivity index (χ0n) is 11.5. The maximum absolute atomic E-state index is 4.25. The second-order valence-corrected chi connectivity index (χ2v) is 6.67. The van der Waals surface area contributed by atoms with Crippen molar-refractivity contribution in [2.45, 2.75) is 17.8 Å². The largest absolute Gasteiger partial charge is 0.272 e. The van der Waals surface area contributed by atoms with Crippen LogP contribution >= 0.6 is 21.6 Å². The number of benzene rings is 1. The summed E-state index contributed by atoms with van der Waals surface area (Å²) < 4.78 is 2.02. The van der Waals surface area contributed by atoms with E-state index < -0.39 is 0 Å². The van der Waals surface area contributed by atoms with Crippen molar-refractivity contribution in [1.29, 1.82) is 0 Å². The van der Waals surface area contributed by atoms with Crippen molar-refractivity contribution < 1.29 is 0 Å². The molecule has 2 aromatic heterocycles. The minimum atomic E-state index is 0.866. The molecule has 0 bridgehead atoms. The lowest BCUT2D eigenvalue weighted by Crippen LogP contribution is -1.98. The van der Waals surface area contributed by atoms with Crippen LogP contribution in [0.15, 0.2) is 60.0 Å². The Bertz CT molecular complexity index is 698. The Morgan fingerprint density at radius 2 is 1.90 bits per heavy atom. The highest BCUT2D eigenvalue weighted by molar-refractivity contribution is 8.76. The number of rotatable bonds is 5. The Morgan fingerprint density at radius 1 is 1.05 bits per heavy atom. The van der Waals surface area contributed by atoms with Crippen LogP contribution in [0.1, 0.15) is 11.4 Å². The summed E-state index contributed by atoms with van der Waals surface area (Å²) >= 11 is 0. The van der Waals surface area contributed by atoms with Crippen molar-refractivity contribution in [3.05, 3.63) is 66.2 Å². The zero-order valence-corrected chi connectivity index (χ0v) is 13.1. The number of nitrogens with zero attached hydrogens (tertiary/aromatic N) is 4. The van der Waals surface area contributed by atoms with Crippen molar-refractivity contribution >= 4 is 21.6 Å². The predicted octanol–water partition coefficient (Wildman–Crippen LogP) is 3.91. The van der Waals surface area contributed by atoms with Gasteiger partial charge in [0.2, 0.25) is 5.16 Å². The molecule has 0 aliphatic heterocycles. The molecule has 0 saturated heterocycles. The Balaban J connectivity index is 1.72. The molecule has 2 heterocycles. The lowest BCUT2D eigenvalue weighted by molar-refractivity contribution is 0.867. The van der Waals surface area contributed by atoms with Crippen LogP contribution in [0, 0.1) is 6.92 Å². The van der Waals surface area contributed by atoms with E-state index in [-0.39, 0.29) is 0 Å². The van der Waals surface area contributed by atoms with Gasteiger partial charge < -0.3 is 0 Å². The van der Waals surface area contributed by atoms with Gasteiger partial charge in [0, 0.05) is 11.9 Å². The summed E-state index contributed by atoms with van der Waals surface area (Å²) in [6.45, 7) is 1.95. The van der Waals surface area contributed by atoms with Crippen LogP contribution in [0.2, 0.25) is 0 Å². The van der Waals surface area contributed by atoms with Gasteiger partial charge in [-0.2, -0.15) is 0 Å². The molecule has 0 saturated carbocycles. The average Bonchev–Trinajstić information content (AvgIpc) is 2.90. The third-order valence-electron chi connectivity index (χ3n) is 2.90. The van der Waals surface area contributed by atoms with Crippen molar-refractivity contribution in [3.63, 3.8) is 0 Å². The maximum Gasteiger partial charge on any atom is 0.206 e.